The highest BCUT2D eigenvalue weighted by Crippen LogP contribution is 2.38. The van der Waals surface area contributed by atoms with Crippen molar-refractivity contribution in [3.8, 4) is 5.75 Å². The van der Waals surface area contributed by atoms with E-state index in [1.165, 1.54) is 6.07 Å². The molecule has 1 aliphatic heterocycles. The Labute approximate surface area is 128 Å². The number of aromatic hydroxyl groups is 1. The van der Waals surface area contributed by atoms with Crippen LogP contribution in [0, 0.1) is 17.7 Å². The maximum Gasteiger partial charge on any atom is 0.256 e. The summed E-state index contributed by atoms with van der Waals surface area (Å²) in [5.74, 6) is -0.462. The lowest BCUT2D eigenvalue weighted by Crippen LogP contribution is -2.38. The molecular formula is C16H19FN2O3. The van der Waals surface area contributed by atoms with E-state index in [1.54, 1.807) is 11.9 Å². The maximum absolute atomic E-state index is 13.8. The Balaban J connectivity index is 1.74. The van der Waals surface area contributed by atoms with E-state index in [-0.39, 0.29) is 23.3 Å². The molecule has 22 heavy (non-hydrogen) atoms. The molecule has 1 aromatic carbocycles. The van der Waals surface area contributed by atoms with Crippen molar-refractivity contribution >= 4 is 11.8 Å². The Hall–Kier alpha value is -2.11. The number of fused-ring (bicyclic) bond motifs is 1. The van der Waals surface area contributed by atoms with Crippen molar-refractivity contribution in [3.05, 3.63) is 29.6 Å². The number of hydrogen-bond acceptors (Lipinski definition) is 3. The first kappa shape index (κ1) is 14.8. The monoisotopic (exact) mass is 306 g/mol. The van der Waals surface area contributed by atoms with Crippen LogP contribution in [0.25, 0.3) is 0 Å². The van der Waals surface area contributed by atoms with Gasteiger partial charge in [0, 0.05) is 26.1 Å². The average molecular weight is 306 g/mol. The van der Waals surface area contributed by atoms with E-state index in [4.69, 9.17) is 0 Å². The SMILES string of the molecule is CN(C(=O)c1cc(O)ccc1F)[C@H]1C[C@H]2CNC(=O)C[C@H]2C1. The van der Waals surface area contributed by atoms with Crippen LogP contribution in [0.4, 0.5) is 4.39 Å². The lowest BCUT2D eigenvalue weighted by molar-refractivity contribution is -0.124. The van der Waals surface area contributed by atoms with Gasteiger partial charge in [0.25, 0.3) is 5.91 Å². The van der Waals surface area contributed by atoms with Gasteiger partial charge >= 0.3 is 0 Å². The van der Waals surface area contributed by atoms with Crippen LogP contribution in [0.1, 0.15) is 29.6 Å². The van der Waals surface area contributed by atoms with Gasteiger partial charge in [-0.15, -0.1) is 0 Å². The van der Waals surface area contributed by atoms with Gasteiger partial charge in [0.1, 0.15) is 11.6 Å². The fraction of sp³-hybridized carbons (Fsp3) is 0.500. The number of phenolic OH excluding ortho intramolecular Hbond substituents is 1. The summed E-state index contributed by atoms with van der Waals surface area (Å²) < 4.78 is 13.8. The number of carbonyl (C=O) groups excluding carboxylic acids is 2. The summed E-state index contributed by atoms with van der Waals surface area (Å²) in [5, 5.41) is 12.3. The molecule has 6 heteroatoms. The van der Waals surface area contributed by atoms with Crippen molar-refractivity contribution in [3.63, 3.8) is 0 Å². The van der Waals surface area contributed by atoms with E-state index in [0.717, 1.165) is 25.0 Å². The van der Waals surface area contributed by atoms with Crippen molar-refractivity contribution in [1.29, 1.82) is 0 Å². The van der Waals surface area contributed by atoms with Gasteiger partial charge in [-0.25, -0.2) is 4.39 Å². The Morgan fingerprint density at radius 1 is 1.36 bits per heavy atom. The predicted molar refractivity (Wildman–Crippen MR) is 77.8 cm³/mol. The van der Waals surface area contributed by atoms with Gasteiger partial charge in [-0.1, -0.05) is 0 Å². The molecule has 3 atom stereocenters. The lowest BCUT2D eigenvalue weighted by atomic mass is 9.89. The summed E-state index contributed by atoms with van der Waals surface area (Å²) in [6.45, 7) is 0.655. The normalized spacial score (nSPS) is 27.2. The van der Waals surface area contributed by atoms with Crippen LogP contribution in [-0.2, 0) is 4.79 Å². The van der Waals surface area contributed by atoms with E-state index >= 15 is 0 Å². The van der Waals surface area contributed by atoms with Gasteiger partial charge in [-0.05, 0) is 42.9 Å². The van der Waals surface area contributed by atoms with Crippen LogP contribution in [0.2, 0.25) is 0 Å². The second-order valence-electron chi connectivity index (χ2n) is 6.23. The van der Waals surface area contributed by atoms with Gasteiger partial charge in [0.2, 0.25) is 5.91 Å². The Kier molecular flexibility index (Phi) is 3.76. The second kappa shape index (κ2) is 5.59. The van der Waals surface area contributed by atoms with Crippen LogP contribution in [-0.4, -0.2) is 41.5 Å². The van der Waals surface area contributed by atoms with Gasteiger partial charge in [-0.3, -0.25) is 9.59 Å². The van der Waals surface area contributed by atoms with Crippen molar-refractivity contribution in [2.24, 2.45) is 11.8 Å². The van der Waals surface area contributed by atoms with E-state index in [0.29, 0.717) is 24.8 Å². The number of carbonyl (C=O) groups is 2. The summed E-state index contributed by atoms with van der Waals surface area (Å²) in [6, 6.07) is 3.46. The van der Waals surface area contributed by atoms with Gasteiger partial charge in [-0.2, -0.15) is 0 Å². The van der Waals surface area contributed by atoms with Crippen LogP contribution < -0.4 is 5.32 Å². The largest absolute Gasteiger partial charge is 0.508 e. The number of phenols is 1. The summed E-state index contributed by atoms with van der Waals surface area (Å²) in [6.07, 6.45) is 2.08. The first-order chi connectivity index (χ1) is 10.5. The summed E-state index contributed by atoms with van der Waals surface area (Å²) in [7, 11) is 1.66. The van der Waals surface area contributed by atoms with Gasteiger partial charge < -0.3 is 15.3 Å². The van der Waals surface area contributed by atoms with Crippen molar-refractivity contribution < 1.29 is 19.1 Å². The molecule has 5 nitrogen and oxygen atoms in total. The van der Waals surface area contributed by atoms with Crippen LogP contribution in [0.5, 0.6) is 5.75 Å². The van der Waals surface area contributed by atoms with E-state index in [1.807, 2.05) is 0 Å². The topological polar surface area (TPSA) is 69.6 Å². The molecule has 1 saturated heterocycles. The average Bonchev–Trinajstić information content (AvgIpc) is 2.91. The van der Waals surface area contributed by atoms with Gasteiger partial charge in [0.15, 0.2) is 0 Å². The minimum absolute atomic E-state index is 0.00283. The van der Waals surface area contributed by atoms with Gasteiger partial charge in [0.05, 0.1) is 5.56 Å². The Morgan fingerprint density at radius 2 is 2.09 bits per heavy atom. The second-order valence-corrected chi connectivity index (χ2v) is 6.23. The number of nitrogens with one attached hydrogen (secondary N) is 1. The molecule has 1 aromatic rings. The molecule has 2 fully saturated rings. The Morgan fingerprint density at radius 3 is 2.86 bits per heavy atom. The minimum Gasteiger partial charge on any atom is -0.508 e. The lowest BCUT2D eigenvalue weighted by Gasteiger charge is -2.25. The van der Waals surface area contributed by atoms with Crippen molar-refractivity contribution in [2.75, 3.05) is 13.6 Å². The van der Waals surface area contributed by atoms with E-state index in [2.05, 4.69) is 5.32 Å². The highest BCUT2D eigenvalue weighted by Gasteiger charge is 2.41. The number of rotatable bonds is 2. The Bertz CT molecular complexity index is 619. The fourth-order valence-corrected chi connectivity index (χ4v) is 3.58. The zero-order valence-electron chi connectivity index (χ0n) is 12.4. The molecule has 0 radical (unpaired) electrons. The number of halogens is 1. The molecule has 2 amide bonds. The molecule has 1 saturated carbocycles. The molecule has 1 heterocycles. The molecule has 0 spiro atoms. The third-order valence-corrected chi connectivity index (χ3v) is 4.87. The number of piperidine rings is 1. The van der Waals surface area contributed by atoms with Crippen LogP contribution >= 0.6 is 0 Å². The smallest absolute Gasteiger partial charge is 0.256 e. The third kappa shape index (κ3) is 2.65. The van der Waals surface area contributed by atoms with Crippen LogP contribution in [0.15, 0.2) is 18.2 Å². The summed E-state index contributed by atoms with van der Waals surface area (Å²) in [5.41, 5.74) is -0.119. The zero-order chi connectivity index (χ0) is 15.9. The first-order valence-electron chi connectivity index (χ1n) is 7.48. The minimum atomic E-state index is -0.637. The molecule has 3 rings (SSSR count). The number of amides is 2. The highest BCUT2D eigenvalue weighted by molar-refractivity contribution is 5.95. The number of nitrogens with zero attached hydrogens (tertiary/aromatic N) is 1. The van der Waals surface area contributed by atoms with Crippen LogP contribution in [0.3, 0.4) is 0 Å². The fourth-order valence-electron chi connectivity index (χ4n) is 3.58. The zero-order valence-corrected chi connectivity index (χ0v) is 12.4. The number of hydrogen-bond donors (Lipinski definition) is 2. The quantitative estimate of drug-likeness (QED) is 0.870. The van der Waals surface area contributed by atoms with Crippen molar-refractivity contribution in [2.45, 2.75) is 25.3 Å². The molecular weight excluding hydrogens is 287 g/mol. The first-order valence-corrected chi connectivity index (χ1v) is 7.48. The standard InChI is InChI=1S/C16H19FN2O3/c1-19(16(22)13-7-12(20)2-3-14(13)17)11-4-9-6-15(21)18-8-10(9)5-11/h2-3,7,9-11,20H,4-6,8H2,1H3,(H,18,21)/t9-,10+,11-/m1/s1. The maximum atomic E-state index is 13.8. The summed E-state index contributed by atoms with van der Waals surface area (Å²) >= 11 is 0. The highest BCUT2D eigenvalue weighted by atomic mass is 19.1. The summed E-state index contributed by atoms with van der Waals surface area (Å²) in [4.78, 5) is 25.5. The molecule has 118 valence electrons. The molecule has 2 N–H and O–H groups in total. The molecule has 2 aliphatic rings. The predicted octanol–water partition coefficient (Wildman–Crippen LogP) is 1.52. The van der Waals surface area contributed by atoms with Crippen molar-refractivity contribution in [1.82, 2.24) is 10.2 Å². The number of benzene rings is 1. The molecule has 0 bridgehead atoms. The molecule has 1 aliphatic carbocycles. The molecule has 0 unspecified atom stereocenters. The van der Waals surface area contributed by atoms with E-state index < -0.39 is 11.7 Å². The third-order valence-electron chi connectivity index (χ3n) is 4.87. The van der Waals surface area contributed by atoms with E-state index in [9.17, 15) is 19.1 Å². The molecule has 0 aromatic heterocycles.